The van der Waals surface area contributed by atoms with Gasteiger partial charge in [0.05, 0.1) is 0 Å². The van der Waals surface area contributed by atoms with Crippen LogP contribution < -0.4 is 0 Å². The maximum atomic E-state index is 8.57. The molecule has 0 fully saturated rings. The predicted molar refractivity (Wildman–Crippen MR) is 12.3 cm³/mol. The zero-order chi connectivity index (χ0) is 2.71. The van der Waals surface area contributed by atoms with E-state index >= 15 is 0 Å². The summed E-state index contributed by atoms with van der Waals surface area (Å²) in [6.07, 6.45) is 0. The van der Waals surface area contributed by atoms with Gasteiger partial charge in [0.1, 0.15) is 0 Å². The SMILES string of the molecule is O.[O]=[Al][OH]. The van der Waals surface area contributed by atoms with Crippen molar-refractivity contribution in [2.45, 2.75) is 0 Å². The molecular formula is H3AlO3. The van der Waals surface area contributed by atoms with Crippen LogP contribution in [0, 0.1) is 0 Å². The summed E-state index contributed by atoms with van der Waals surface area (Å²) in [4.78, 5) is 0. The summed E-state index contributed by atoms with van der Waals surface area (Å²) < 4.78 is 15.7. The third-order valence-electron chi connectivity index (χ3n) is 0. The van der Waals surface area contributed by atoms with Crippen molar-refractivity contribution in [3.05, 3.63) is 0 Å². The molecule has 24 valence electrons. The molecule has 4 heavy (non-hydrogen) atoms. The number of hydrogen-bond acceptors (Lipinski definition) is 1. The number of hydrogen-bond donors (Lipinski definition) is 1. The van der Waals surface area contributed by atoms with Gasteiger partial charge in [0.15, 0.2) is 0 Å². The monoisotopic (exact) mass is 78.0 g/mol. The van der Waals surface area contributed by atoms with E-state index in [-0.39, 0.29) is 5.48 Å². The average Bonchev–Trinajstić information content (AvgIpc) is 0.918. The van der Waals surface area contributed by atoms with Crippen LogP contribution in [0.1, 0.15) is 0 Å². The Morgan fingerprint density at radius 3 is 1.75 bits per heavy atom. The van der Waals surface area contributed by atoms with E-state index in [1.165, 1.54) is 0 Å². The minimum absolute atomic E-state index is 0. The molecule has 3 nitrogen and oxygen atoms in total. The summed E-state index contributed by atoms with van der Waals surface area (Å²) in [6, 6.07) is 0. The van der Waals surface area contributed by atoms with Gasteiger partial charge in [-0.3, -0.25) is 0 Å². The summed E-state index contributed by atoms with van der Waals surface area (Å²) in [5.74, 6) is 0. The van der Waals surface area contributed by atoms with Gasteiger partial charge in [-0.25, -0.2) is 0 Å². The molecule has 0 amide bonds. The molecule has 0 aliphatic carbocycles. The summed E-state index contributed by atoms with van der Waals surface area (Å²) in [6.45, 7) is 0. The molecule has 0 saturated carbocycles. The molecule has 0 atom stereocenters. The maximum absolute atomic E-state index is 8.57. The van der Waals surface area contributed by atoms with Crippen LogP contribution in [0.4, 0.5) is 0 Å². The quantitative estimate of drug-likeness (QED) is 0.344. The van der Waals surface area contributed by atoms with E-state index in [4.69, 9.17) is 7.96 Å². The fourth-order valence-electron chi connectivity index (χ4n) is 0. The van der Waals surface area contributed by atoms with E-state index in [0.717, 1.165) is 0 Å². The first-order valence-electron chi connectivity index (χ1n) is 0.494. The van der Waals surface area contributed by atoms with Crippen molar-refractivity contribution in [3.8, 4) is 0 Å². The number of rotatable bonds is 0. The fourth-order valence-corrected chi connectivity index (χ4v) is 0. The minimum atomic E-state index is -1.50. The molecule has 3 N–H and O–H groups in total. The van der Waals surface area contributed by atoms with Crippen molar-refractivity contribution in [2.24, 2.45) is 0 Å². The van der Waals surface area contributed by atoms with Crippen LogP contribution >= 0.6 is 0 Å². The Balaban J connectivity index is 0. The zero-order valence-electron chi connectivity index (χ0n) is 1.93. The van der Waals surface area contributed by atoms with Crippen LogP contribution in [0.25, 0.3) is 0 Å². The molecular weight excluding hydrogens is 75.0 g/mol. The van der Waals surface area contributed by atoms with Gasteiger partial charge >= 0.3 is 23.4 Å². The van der Waals surface area contributed by atoms with Crippen LogP contribution in [0.15, 0.2) is 0 Å². The zero-order valence-corrected chi connectivity index (χ0v) is 3.09. The molecule has 0 radical (unpaired) electrons. The van der Waals surface area contributed by atoms with Crippen molar-refractivity contribution in [1.29, 1.82) is 0 Å². The standard InChI is InChI=1S/Al.2H2O.O/h;2*1H2;/q+1;;;/p-1. The van der Waals surface area contributed by atoms with Crippen molar-refractivity contribution in [2.75, 3.05) is 0 Å². The third kappa shape index (κ3) is 292. The summed E-state index contributed by atoms with van der Waals surface area (Å²) in [5.41, 5.74) is 0. The Morgan fingerprint density at radius 2 is 1.75 bits per heavy atom. The Hall–Kier alpha value is 0.0925. The van der Waals surface area contributed by atoms with Crippen LogP contribution in [0.5, 0.6) is 0 Å². The van der Waals surface area contributed by atoms with Gasteiger partial charge in [0.25, 0.3) is 0 Å². The molecule has 0 saturated heterocycles. The second kappa shape index (κ2) is 11.3. The van der Waals surface area contributed by atoms with E-state index in [1.54, 1.807) is 0 Å². The van der Waals surface area contributed by atoms with Crippen LogP contribution in [-0.4, -0.2) is 25.1 Å². The van der Waals surface area contributed by atoms with E-state index in [1.807, 2.05) is 0 Å². The van der Waals surface area contributed by atoms with E-state index < -0.39 is 15.5 Å². The van der Waals surface area contributed by atoms with E-state index in [9.17, 15) is 0 Å². The van der Waals surface area contributed by atoms with Crippen LogP contribution in [0.3, 0.4) is 0 Å². The summed E-state index contributed by atoms with van der Waals surface area (Å²) >= 11 is -1.50. The summed E-state index contributed by atoms with van der Waals surface area (Å²) in [5, 5.41) is 0. The van der Waals surface area contributed by atoms with Gasteiger partial charge in [-0.05, 0) is 0 Å². The van der Waals surface area contributed by atoms with Gasteiger partial charge in [0, 0.05) is 0 Å². The average molecular weight is 78.0 g/mol. The third-order valence-corrected chi connectivity index (χ3v) is 0. The Labute approximate surface area is 29.8 Å². The second-order valence-corrected chi connectivity index (χ2v) is 0.316. The van der Waals surface area contributed by atoms with Crippen molar-refractivity contribution >= 4 is 15.5 Å². The molecule has 0 aromatic heterocycles. The van der Waals surface area contributed by atoms with Gasteiger partial charge in [0.2, 0.25) is 0 Å². The van der Waals surface area contributed by atoms with Crippen molar-refractivity contribution < 1.29 is 13.4 Å². The second-order valence-electron chi connectivity index (χ2n) is 0.105. The first-order valence-corrected chi connectivity index (χ1v) is 1.48. The molecule has 0 rings (SSSR count). The van der Waals surface area contributed by atoms with Crippen LogP contribution in [-0.2, 0) is 3.80 Å². The Bertz CT molecular complexity index is 10.8. The molecule has 0 spiro atoms. The molecule has 0 aliphatic rings. The van der Waals surface area contributed by atoms with Crippen LogP contribution in [0.2, 0.25) is 0 Å². The normalized spacial score (nSPS) is 2.00. The summed E-state index contributed by atoms with van der Waals surface area (Å²) in [7, 11) is 0. The molecule has 0 aromatic rings. The Morgan fingerprint density at radius 1 is 1.75 bits per heavy atom. The first-order chi connectivity index (χ1) is 1.41. The first kappa shape index (κ1) is 8.94. The van der Waals surface area contributed by atoms with Gasteiger partial charge in [-0.1, -0.05) is 0 Å². The molecule has 0 aromatic carbocycles. The molecule has 0 heterocycles. The van der Waals surface area contributed by atoms with E-state index in [2.05, 4.69) is 0 Å². The fraction of sp³-hybridized carbons (Fsp3) is 0. The topological polar surface area (TPSA) is 68.8 Å². The molecule has 4 heteroatoms. The van der Waals surface area contributed by atoms with E-state index in [0.29, 0.717) is 0 Å². The Kier molecular flexibility index (Phi) is 25.4. The van der Waals surface area contributed by atoms with Gasteiger partial charge < -0.3 is 5.48 Å². The molecule has 0 aliphatic heterocycles. The van der Waals surface area contributed by atoms with Gasteiger partial charge in [-0.2, -0.15) is 0 Å². The molecule has 0 bridgehead atoms. The van der Waals surface area contributed by atoms with Gasteiger partial charge in [-0.15, -0.1) is 0 Å². The van der Waals surface area contributed by atoms with Crippen molar-refractivity contribution in [3.63, 3.8) is 0 Å². The molecule has 0 unspecified atom stereocenters. The van der Waals surface area contributed by atoms with Crippen molar-refractivity contribution in [1.82, 2.24) is 0 Å². The predicted octanol–water partition coefficient (Wildman–Crippen LogP) is -1.88.